The van der Waals surface area contributed by atoms with Crippen LogP contribution in [0.1, 0.15) is 47.7 Å². The minimum Gasteiger partial charge on any atom is -0.349 e. The van der Waals surface area contributed by atoms with Crippen molar-refractivity contribution in [1.82, 2.24) is 10.2 Å². The van der Waals surface area contributed by atoms with Gasteiger partial charge in [-0.15, -0.1) is 0 Å². The van der Waals surface area contributed by atoms with Crippen molar-refractivity contribution in [3.63, 3.8) is 0 Å². The topological polar surface area (TPSA) is 49.4 Å². The molecule has 1 aliphatic rings. The SMILES string of the molecule is CCC(=O)N1CCC(NC(=O)c2ccc(C)c(C)c2)CC1. The second-order valence-electron chi connectivity index (χ2n) is 5.78. The lowest BCUT2D eigenvalue weighted by atomic mass is 10.0. The highest BCUT2D eigenvalue weighted by atomic mass is 16.2. The van der Waals surface area contributed by atoms with Crippen LogP contribution < -0.4 is 5.32 Å². The summed E-state index contributed by atoms with van der Waals surface area (Å²) < 4.78 is 0. The molecule has 4 nitrogen and oxygen atoms in total. The maximum atomic E-state index is 12.3. The van der Waals surface area contributed by atoms with Crippen molar-refractivity contribution in [2.45, 2.75) is 46.1 Å². The molecule has 114 valence electrons. The molecule has 1 aliphatic heterocycles. The van der Waals surface area contributed by atoms with Crippen LogP contribution >= 0.6 is 0 Å². The van der Waals surface area contributed by atoms with Crippen LogP contribution in [0, 0.1) is 13.8 Å². The van der Waals surface area contributed by atoms with Gasteiger partial charge in [0.25, 0.3) is 5.91 Å². The number of amides is 2. The highest BCUT2D eigenvalue weighted by Crippen LogP contribution is 2.14. The molecule has 1 aromatic rings. The number of carbonyl (C=O) groups is 2. The second-order valence-corrected chi connectivity index (χ2v) is 5.78. The van der Waals surface area contributed by atoms with Gasteiger partial charge >= 0.3 is 0 Å². The van der Waals surface area contributed by atoms with Crippen LogP contribution in [0.5, 0.6) is 0 Å². The number of piperidine rings is 1. The Labute approximate surface area is 126 Å². The third kappa shape index (κ3) is 3.84. The molecule has 0 saturated carbocycles. The van der Waals surface area contributed by atoms with E-state index < -0.39 is 0 Å². The first-order valence-electron chi connectivity index (χ1n) is 7.67. The highest BCUT2D eigenvalue weighted by molar-refractivity contribution is 5.94. The number of hydrogen-bond acceptors (Lipinski definition) is 2. The summed E-state index contributed by atoms with van der Waals surface area (Å²) in [6, 6.07) is 5.95. The van der Waals surface area contributed by atoms with Gasteiger partial charge in [-0.3, -0.25) is 9.59 Å². The summed E-state index contributed by atoms with van der Waals surface area (Å²) in [6.07, 6.45) is 2.23. The zero-order chi connectivity index (χ0) is 15.4. The van der Waals surface area contributed by atoms with Crippen LogP contribution in [0.3, 0.4) is 0 Å². The van der Waals surface area contributed by atoms with Gasteiger partial charge in [0, 0.05) is 31.1 Å². The summed E-state index contributed by atoms with van der Waals surface area (Å²) in [5.41, 5.74) is 3.04. The lowest BCUT2D eigenvalue weighted by molar-refractivity contribution is -0.131. The summed E-state index contributed by atoms with van der Waals surface area (Å²) in [5.74, 6) is 0.187. The number of nitrogens with zero attached hydrogens (tertiary/aromatic N) is 1. The van der Waals surface area contributed by atoms with Gasteiger partial charge in [-0.2, -0.15) is 0 Å². The van der Waals surface area contributed by atoms with Crippen molar-refractivity contribution in [2.24, 2.45) is 0 Å². The zero-order valence-electron chi connectivity index (χ0n) is 13.1. The molecule has 0 atom stereocenters. The fourth-order valence-corrected chi connectivity index (χ4v) is 2.65. The average molecular weight is 288 g/mol. The molecule has 21 heavy (non-hydrogen) atoms. The fourth-order valence-electron chi connectivity index (χ4n) is 2.65. The maximum Gasteiger partial charge on any atom is 0.251 e. The highest BCUT2D eigenvalue weighted by Gasteiger charge is 2.23. The van der Waals surface area contributed by atoms with E-state index in [1.165, 1.54) is 5.56 Å². The molecule has 0 spiro atoms. The first-order valence-corrected chi connectivity index (χ1v) is 7.67. The van der Waals surface area contributed by atoms with E-state index in [0.29, 0.717) is 12.0 Å². The van der Waals surface area contributed by atoms with Crippen LogP contribution in [0.15, 0.2) is 18.2 Å². The zero-order valence-corrected chi connectivity index (χ0v) is 13.1. The number of carbonyl (C=O) groups excluding carboxylic acids is 2. The summed E-state index contributed by atoms with van der Waals surface area (Å²) in [7, 11) is 0. The Kier molecular flexibility index (Phi) is 4.99. The van der Waals surface area contributed by atoms with Gasteiger partial charge in [-0.25, -0.2) is 0 Å². The number of aryl methyl sites for hydroxylation is 2. The predicted molar refractivity (Wildman–Crippen MR) is 83.3 cm³/mol. The summed E-state index contributed by atoms with van der Waals surface area (Å²) >= 11 is 0. The average Bonchev–Trinajstić information content (AvgIpc) is 2.50. The molecular formula is C17H24N2O2. The predicted octanol–water partition coefficient (Wildman–Crippen LogP) is 2.43. The van der Waals surface area contributed by atoms with Crippen molar-refractivity contribution >= 4 is 11.8 Å². The number of rotatable bonds is 3. The summed E-state index contributed by atoms with van der Waals surface area (Å²) in [5, 5.41) is 3.08. The third-order valence-electron chi connectivity index (χ3n) is 4.25. The number of nitrogens with one attached hydrogen (secondary N) is 1. The fraction of sp³-hybridized carbons (Fsp3) is 0.529. The largest absolute Gasteiger partial charge is 0.349 e. The summed E-state index contributed by atoms with van der Waals surface area (Å²) in [4.78, 5) is 25.8. The molecule has 1 fully saturated rings. The third-order valence-corrected chi connectivity index (χ3v) is 4.25. The standard InChI is InChI=1S/C17H24N2O2/c1-4-16(20)19-9-7-15(8-10-19)18-17(21)14-6-5-12(2)13(3)11-14/h5-6,11,15H,4,7-10H2,1-3H3,(H,18,21). The molecular weight excluding hydrogens is 264 g/mol. The number of likely N-dealkylation sites (tertiary alicyclic amines) is 1. The minimum atomic E-state index is -0.0154. The van der Waals surface area contributed by atoms with E-state index in [4.69, 9.17) is 0 Å². The van der Waals surface area contributed by atoms with Crippen molar-refractivity contribution in [3.8, 4) is 0 Å². The molecule has 0 unspecified atom stereocenters. The first kappa shape index (κ1) is 15.5. The maximum absolute atomic E-state index is 12.3. The van der Waals surface area contributed by atoms with E-state index >= 15 is 0 Å². The Morgan fingerprint density at radius 3 is 2.43 bits per heavy atom. The Bertz CT molecular complexity index is 532. The van der Waals surface area contributed by atoms with Gasteiger partial charge in [0.15, 0.2) is 0 Å². The Morgan fingerprint density at radius 1 is 1.19 bits per heavy atom. The smallest absolute Gasteiger partial charge is 0.251 e. The van der Waals surface area contributed by atoms with E-state index in [9.17, 15) is 9.59 Å². The Balaban J connectivity index is 1.89. The van der Waals surface area contributed by atoms with E-state index in [1.54, 1.807) is 0 Å². The molecule has 0 aromatic heterocycles. The van der Waals surface area contributed by atoms with E-state index in [0.717, 1.165) is 31.5 Å². The van der Waals surface area contributed by atoms with Gasteiger partial charge in [0.05, 0.1) is 0 Å². The molecule has 2 amide bonds. The van der Waals surface area contributed by atoms with Crippen LogP contribution in [0.4, 0.5) is 0 Å². The number of benzene rings is 1. The molecule has 0 aliphatic carbocycles. The first-order chi connectivity index (χ1) is 10.0. The normalized spacial score (nSPS) is 15.9. The van der Waals surface area contributed by atoms with Crippen molar-refractivity contribution in [3.05, 3.63) is 34.9 Å². The number of hydrogen-bond donors (Lipinski definition) is 1. The van der Waals surface area contributed by atoms with Crippen LogP contribution in [0.25, 0.3) is 0 Å². The molecule has 0 bridgehead atoms. The summed E-state index contributed by atoms with van der Waals surface area (Å²) in [6.45, 7) is 7.42. The van der Waals surface area contributed by atoms with Gasteiger partial charge < -0.3 is 10.2 Å². The van der Waals surface area contributed by atoms with E-state index in [-0.39, 0.29) is 17.9 Å². The van der Waals surface area contributed by atoms with Gasteiger partial charge in [-0.1, -0.05) is 13.0 Å². The van der Waals surface area contributed by atoms with Gasteiger partial charge in [0.2, 0.25) is 5.91 Å². The quantitative estimate of drug-likeness (QED) is 0.928. The monoisotopic (exact) mass is 288 g/mol. The van der Waals surface area contributed by atoms with Gasteiger partial charge in [-0.05, 0) is 49.9 Å². The van der Waals surface area contributed by atoms with Crippen molar-refractivity contribution in [1.29, 1.82) is 0 Å². The van der Waals surface area contributed by atoms with Crippen LogP contribution in [-0.2, 0) is 4.79 Å². The van der Waals surface area contributed by atoms with Crippen LogP contribution in [0.2, 0.25) is 0 Å². The van der Waals surface area contributed by atoms with E-state index in [1.807, 2.05) is 43.9 Å². The van der Waals surface area contributed by atoms with Crippen LogP contribution in [-0.4, -0.2) is 35.8 Å². The lowest BCUT2D eigenvalue weighted by Gasteiger charge is -2.32. The Hall–Kier alpha value is -1.84. The molecule has 1 saturated heterocycles. The molecule has 4 heteroatoms. The molecule has 2 rings (SSSR count). The minimum absolute atomic E-state index is 0.0154. The van der Waals surface area contributed by atoms with Crippen molar-refractivity contribution in [2.75, 3.05) is 13.1 Å². The molecule has 1 heterocycles. The van der Waals surface area contributed by atoms with Crippen molar-refractivity contribution < 1.29 is 9.59 Å². The lowest BCUT2D eigenvalue weighted by Crippen LogP contribution is -2.46. The molecule has 1 N–H and O–H groups in total. The Morgan fingerprint density at radius 2 is 1.86 bits per heavy atom. The van der Waals surface area contributed by atoms with Gasteiger partial charge in [0.1, 0.15) is 0 Å². The van der Waals surface area contributed by atoms with E-state index in [2.05, 4.69) is 5.32 Å². The second kappa shape index (κ2) is 6.74. The molecule has 1 aromatic carbocycles. The molecule has 0 radical (unpaired) electrons.